The van der Waals surface area contributed by atoms with Gasteiger partial charge in [-0.2, -0.15) is 5.10 Å². The zero-order valence-corrected chi connectivity index (χ0v) is 11.8. The first-order valence-corrected chi connectivity index (χ1v) is 6.59. The van der Waals surface area contributed by atoms with E-state index in [-0.39, 0.29) is 0 Å². The third-order valence-electron chi connectivity index (χ3n) is 2.96. The molecule has 2 heterocycles. The highest BCUT2D eigenvalue weighted by atomic mass is 15.3. The Labute approximate surface area is 114 Å². The van der Waals surface area contributed by atoms with Gasteiger partial charge in [0.05, 0.1) is 5.69 Å². The summed E-state index contributed by atoms with van der Waals surface area (Å²) in [5.41, 5.74) is 2.29. The van der Waals surface area contributed by atoms with Gasteiger partial charge in [0.2, 0.25) is 0 Å². The van der Waals surface area contributed by atoms with Crippen LogP contribution < -0.4 is 10.6 Å². The zero-order valence-electron chi connectivity index (χ0n) is 11.8. The lowest BCUT2D eigenvalue weighted by atomic mass is 10.3. The molecule has 2 N–H and O–H groups in total. The maximum absolute atomic E-state index is 4.45. The fraction of sp³-hybridized carbons (Fsp3) is 0.429. The van der Waals surface area contributed by atoms with E-state index in [1.165, 1.54) is 5.69 Å². The standard InChI is InChI=1S/C14H21N5/c1-11-10-12(2)19(18-11)9-5-8-16-14-7-4-6-13(15-3)17-14/h4,6-7,10H,5,8-9H2,1-3H3,(H2,15,16,17). The molecule has 0 atom stereocenters. The second-order valence-electron chi connectivity index (χ2n) is 4.59. The van der Waals surface area contributed by atoms with Crippen molar-refractivity contribution in [2.45, 2.75) is 26.8 Å². The van der Waals surface area contributed by atoms with Gasteiger partial charge in [-0.05, 0) is 38.5 Å². The number of anilines is 2. The molecule has 0 bridgehead atoms. The van der Waals surface area contributed by atoms with Gasteiger partial charge in [-0.15, -0.1) is 0 Å². The third kappa shape index (κ3) is 3.71. The van der Waals surface area contributed by atoms with Crippen LogP contribution in [0.2, 0.25) is 0 Å². The molecule has 0 aliphatic heterocycles. The first kappa shape index (κ1) is 13.4. The van der Waals surface area contributed by atoms with Crippen LogP contribution in [0.25, 0.3) is 0 Å². The van der Waals surface area contributed by atoms with Crippen molar-refractivity contribution in [2.75, 3.05) is 24.2 Å². The lowest BCUT2D eigenvalue weighted by Gasteiger charge is -2.08. The fourth-order valence-electron chi connectivity index (χ4n) is 2.02. The van der Waals surface area contributed by atoms with Crippen LogP contribution in [0.3, 0.4) is 0 Å². The van der Waals surface area contributed by atoms with Crippen molar-refractivity contribution >= 4 is 11.6 Å². The molecule has 0 unspecified atom stereocenters. The van der Waals surface area contributed by atoms with Crippen molar-refractivity contribution in [2.24, 2.45) is 0 Å². The highest BCUT2D eigenvalue weighted by Crippen LogP contribution is 2.08. The van der Waals surface area contributed by atoms with Crippen LogP contribution in [-0.2, 0) is 6.54 Å². The smallest absolute Gasteiger partial charge is 0.128 e. The van der Waals surface area contributed by atoms with Gasteiger partial charge in [-0.25, -0.2) is 4.98 Å². The van der Waals surface area contributed by atoms with Crippen LogP contribution in [0.15, 0.2) is 24.3 Å². The molecule has 0 amide bonds. The van der Waals surface area contributed by atoms with Gasteiger partial charge < -0.3 is 10.6 Å². The van der Waals surface area contributed by atoms with Crippen LogP contribution >= 0.6 is 0 Å². The molecule has 0 aliphatic rings. The number of rotatable bonds is 6. The molecule has 0 radical (unpaired) electrons. The minimum atomic E-state index is 0.878. The van der Waals surface area contributed by atoms with Crippen molar-refractivity contribution in [3.63, 3.8) is 0 Å². The first-order valence-electron chi connectivity index (χ1n) is 6.59. The summed E-state index contributed by atoms with van der Waals surface area (Å²) in [6.07, 6.45) is 1.02. The summed E-state index contributed by atoms with van der Waals surface area (Å²) >= 11 is 0. The Morgan fingerprint density at radius 1 is 1.21 bits per heavy atom. The molecule has 0 fully saturated rings. The van der Waals surface area contributed by atoms with E-state index in [1.54, 1.807) is 0 Å². The maximum atomic E-state index is 4.45. The lowest BCUT2D eigenvalue weighted by Crippen LogP contribution is -2.10. The van der Waals surface area contributed by atoms with E-state index in [0.717, 1.165) is 36.8 Å². The van der Waals surface area contributed by atoms with Crippen molar-refractivity contribution in [1.82, 2.24) is 14.8 Å². The predicted octanol–water partition coefficient (Wildman–Crippen LogP) is 2.44. The number of hydrogen-bond donors (Lipinski definition) is 2. The summed E-state index contributed by atoms with van der Waals surface area (Å²) in [5.74, 6) is 1.78. The minimum Gasteiger partial charge on any atom is -0.373 e. The quantitative estimate of drug-likeness (QED) is 0.782. The lowest BCUT2D eigenvalue weighted by molar-refractivity contribution is 0.573. The largest absolute Gasteiger partial charge is 0.373 e. The summed E-state index contributed by atoms with van der Waals surface area (Å²) in [7, 11) is 1.87. The van der Waals surface area contributed by atoms with E-state index in [1.807, 2.05) is 32.2 Å². The molecule has 0 saturated heterocycles. The second-order valence-corrected chi connectivity index (χ2v) is 4.59. The molecule has 0 aromatic carbocycles. The van der Waals surface area contributed by atoms with Crippen molar-refractivity contribution in [3.05, 3.63) is 35.7 Å². The number of aryl methyl sites for hydroxylation is 3. The molecular formula is C14H21N5. The Balaban J connectivity index is 1.79. The average Bonchev–Trinajstić information content (AvgIpc) is 2.73. The summed E-state index contributed by atoms with van der Waals surface area (Å²) in [6, 6.07) is 8.01. The summed E-state index contributed by atoms with van der Waals surface area (Å²) < 4.78 is 2.05. The monoisotopic (exact) mass is 259 g/mol. The van der Waals surface area contributed by atoms with Crippen molar-refractivity contribution in [3.8, 4) is 0 Å². The number of nitrogens with zero attached hydrogens (tertiary/aromatic N) is 3. The normalized spacial score (nSPS) is 10.5. The first-order chi connectivity index (χ1) is 9.19. The Kier molecular flexibility index (Phi) is 4.39. The van der Waals surface area contributed by atoms with Crippen LogP contribution in [-0.4, -0.2) is 28.4 Å². The molecule has 2 aromatic heterocycles. The van der Waals surface area contributed by atoms with E-state index in [2.05, 4.69) is 38.4 Å². The summed E-state index contributed by atoms with van der Waals surface area (Å²) in [4.78, 5) is 4.41. The molecule has 2 rings (SSSR count). The molecule has 5 heteroatoms. The van der Waals surface area contributed by atoms with Crippen LogP contribution in [0.4, 0.5) is 11.6 Å². The number of aromatic nitrogens is 3. The SMILES string of the molecule is CNc1cccc(NCCCn2nc(C)cc2C)n1. The molecule has 0 saturated carbocycles. The average molecular weight is 259 g/mol. The summed E-state index contributed by atoms with van der Waals surface area (Å²) in [6.45, 7) is 5.93. The van der Waals surface area contributed by atoms with E-state index in [9.17, 15) is 0 Å². The number of pyridine rings is 1. The van der Waals surface area contributed by atoms with Gasteiger partial charge in [-0.1, -0.05) is 6.07 Å². The van der Waals surface area contributed by atoms with Gasteiger partial charge >= 0.3 is 0 Å². The van der Waals surface area contributed by atoms with Gasteiger partial charge in [-0.3, -0.25) is 4.68 Å². The zero-order chi connectivity index (χ0) is 13.7. The molecule has 19 heavy (non-hydrogen) atoms. The Hall–Kier alpha value is -2.04. The highest BCUT2D eigenvalue weighted by Gasteiger charge is 2.00. The molecule has 0 aliphatic carbocycles. The highest BCUT2D eigenvalue weighted by molar-refractivity contribution is 5.44. The van der Waals surface area contributed by atoms with Gasteiger partial charge in [0.1, 0.15) is 11.6 Å². The van der Waals surface area contributed by atoms with Crippen LogP contribution in [0.5, 0.6) is 0 Å². The van der Waals surface area contributed by atoms with Crippen LogP contribution in [0.1, 0.15) is 17.8 Å². The van der Waals surface area contributed by atoms with E-state index in [4.69, 9.17) is 0 Å². The predicted molar refractivity (Wildman–Crippen MR) is 78.6 cm³/mol. The topological polar surface area (TPSA) is 54.8 Å². The molecular weight excluding hydrogens is 238 g/mol. The number of nitrogens with one attached hydrogen (secondary N) is 2. The Morgan fingerprint density at radius 3 is 2.68 bits per heavy atom. The maximum Gasteiger partial charge on any atom is 0.128 e. The van der Waals surface area contributed by atoms with E-state index in [0.29, 0.717) is 0 Å². The van der Waals surface area contributed by atoms with Gasteiger partial charge in [0, 0.05) is 25.8 Å². The molecule has 2 aromatic rings. The molecule has 5 nitrogen and oxygen atoms in total. The van der Waals surface area contributed by atoms with E-state index < -0.39 is 0 Å². The summed E-state index contributed by atoms with van der Waals surface area (Å²) in [5, 5.41) is 10.8. The fourth-order valence-corrected chi connectivity index (χ4v) is 2.02. The second kappa shape index (κ2) is 6.22. The molecule has 102 valence electrons. The molecule has 0 spiro atoms. The van der Waals surface area contributed by atoms with Gasteiger partial charge in [0.25, 0.3) is 0 Å². The Bertz CT molecular complexity index is 532. The Morgan fingerprint density at radius 2 is 2.00 bits per heavy atom. The van der Waals surface area contributed by atoms with Crippen molar-refractivity contribution in [1.29, 1.82) is 0 Å². The van der Waals surface area contributed by atoms with Crippen molar-refractivity contribution < 1.29 is 0 Å². The van der Waals surface area contributed by atoms with Crippen LogP contribution in [0, 0.1) is 13.8 Å². The van der Waals surface area contributed by atoms with Gasteiger partial charge in [0.15, 0.2) is 0 Å². The third-order valence-corrected chi connectivity index (χ3v) is 2.96. The van der Waals surface area contributed by atoms with E-state index >= 15 is 0 Å². The minimum absolute atomic E-state index is 0.878. The number of hydrogen-bond acceptors (Lipinski definition) is 4.